The van der Waals surface area contributed by atoms with Gasteiger partial charge in [0, 0.05) is 19.5 Å². The molecule has 0 unspecified atom stereocenters. The van der Waals surface area contributed by atoms with Crippen LogP contribution in [0.5, 0.6) is 0 Å². The van der Waals surface area contributed by atoms with E-state index < -0.39 is 9.84 Å². The van der Waals surface area contributed by atoms with Gasteiger partial charge in [0.2, 0.25) is 5.91 Å². The fourth-order valence-corrected chi connectivity index (χ4v) is 4.32. The minimum absolute atomic E-state index is 0.0543. The van der Waals surface area contributed by atoms with Crippen LogP contribution >= 0.6 is 0 Å². The maximum absolute atomic E-state index is 12.3. The van der Waals surface area contributed by atoms with Gasteiger partial charge in [-0.15, -0.1) is 0 Å². The van der Waals surface area contributed by atoms with Gasteiger partial charge in [0.05, 0.1) is 10.6 Å². The predicted octanol–water partition coefficient (Wildman–Crippen LogP) is 3.20. The predicted molar refractivity (Wildman–Crippen MR) is 92.0 cm³/mol. The smallest absolute Gasteiger partial charge is 0.223 e. The van der Waals surface area contributed by atoms with Crippen LogP contribution in [0.3, 0.4) is 0 Å². The summed E-state index contributed by atoms with van der Waals surface area (Å²) in [5.74, 6) is 0.541. The maximum atomic E-state index is 12.3. The van der Waals surface area contributed by atoms with Crippen LogP contribution in [0.1, 0.15) is 44.6 Å². The third kappa shape index (κ3) is 4.80. The number of carbonyl (C=O) groups is 1. The van der Waals surface area contributed by atoms with Crippen LogP contribution in [-0.2, 0) is 14.6 Å². The normalized spacial score (nSPS) is 21.9. The summed E-state index contributed by atoms with van der Waals surface area (Å²) in [4.78, 5) is 14.4. The molecular formula is C18H27NO3S. The van der Waals surface area contributed by atoms with Crippen molar-refractivity contribution in [1.82, 2.24) is 4.90 Å². The molecule has 4 nitrogen and oxygen atoms in total. The van der Waals surface area contributed by atoms with Gasteiger partial charge in [-0.3, -0.25) is 4.79 Å². The molecule has 0 radical (unpaired) electrons. The Morgan fingerprint density at radius 1 is 1.13 bits per heavy atom. The zero-order chi connectivity index (χ0) is 17.0. The maximum Gasteiger partial charge on any atom is 0.223 e. The number of carbonyl (C=O) groups excluding carboxylic acids is 1. The Bertz CT molecular complexity index is 629. The molecule has 1 aromatic carbocycles. The Morgan fingerprint density at radius 3 is 2.26 bits per heavy atom. The highest BCUT2D eigenvalue weighted by atomic mass is 32.2. The van der Waals surface area contributed by atoms with Gasteiger partial charge >= 0.3 is 0 Å². The molecule has 0 heterocycles. The van der Waals surface area contributed by atoms with E-state index >= 15 is 0 Å². The molecule has 0 bridgehead atoms. The Labute approximate surface area is 139 Å². The van der Waals surface area contributed by atoms with Gasteiger partial charge in [-0.05, 0) is 50.7 Å². The number of nitrogens with zero attached hydrogens (tertiary/aromatic N) is 1. The molecule has 0 saturated heterocycles. The molecule has 128 valence electrons. The fraction of sp³-hybridized carbons (Fsp3) is 0.611. The topological polar surface area (TPSA) is 54.5 Å². The molecule has 1 fully saturated rings. The Kier molecular flexibility index (Phi) is 5.84. The van der Waals surface area contributed by atoms with Gasteiger partial charge < -0.3 is 4.90 Å². The Hall–Kier alpha value is -1.36. The average Bonchev–Trinajstić information content (AvgIpc) is 2.53. The van der Waals surface area contributed by atoms with Crippen LogP contribution in [0.2, 0.25) is 0 Å². The number of sulfone groups is 1. The lowest BCUT2D eigenvalue weighted by Gasteiger charge is -2.33. The summed E-state index contributed by atoms with van der Waals surface area (Å²) in [6, 6.07) is 7.05. The second-order valence-corrected chi connectivity index (χ2v) is 8.91. The molecular weight excluding hydrogens is 310 g/mol. The minimum atomic E-state index is -3.39. The second-order valence-electron chi connectivity index (χ2n) is 6.80. The van der Waals surface area contributed by atoms with Crippen molar-refractivity contribution in [2.45, 2.75) is 56.9 Å². The molecule has 1 aliphatic rings. The SMILES string of the molecule is Cc1ccc(S(=O)(=O)CCC(=O)N(C)C2CCC(C)CC2)cc1. The van der Waals surface area contributed by atoms with E-state index in [4.69, 9.17) is 0 Å². The Balaban J connectivity index is 1.91. The molecule has 1 amide bonds. The fourth-order valence-electron chi connectivity index (χ4n) is 3.09. The second kappa shape index (κ2) is 7.47. The van der Waals surface area contributed by atoms with E-state index in [1.807, 2.05) is 14.0 Å². The Morgan fingerprint density at radius 2 is 1.70 bits per heavy atom. The first-order chi connectivity index (χ1) is 10.8. The molecule has 0 N–H and O–H groups in total. The van der Waals surface area contributed by atoms with Gasteiger partial charge in [-0.25, -0.2) is 8.42 Å². The highest BCUT2D eigenvalue weighted by Gasteiger charge is 2.26. The van der Waals surface area contributed by atoms with Gasteiger partial charge in [0.15, 0.2) is 9.84 Å². The van der Waals surface area contributed by atoms with E-state index in [-0.39, 0.29) is 24.1 Å². The molecule has 1 aromatic rings. The van der Waals surface area contributed by atoms with Gasteiger partial charge in [0.25, 0.3) is 0 Å². The van der Waals surface area contributed by atoms with Crippen molar-refractivity contribution in [2.24, 2.45) is 5.92 Å². The zero-order valence-corrected chi connectivity index (χ0v) is 15.1. The molecule has 0 atom stereocenters. The summed E-state index contributed by atoms with van der Waals surface area (Å²) in [6.45, 7) is 4.16. The van der Waals surface area contributed by atoms with Crippen LogP contribution in [-0.4, -0.2) is 38.1 Å². The lowest BCUT2D eigenvalue weighted by Crippen LogP contribution is -2.39. The van der Waals surface area contributed by atoms with Crippen LogP contribution in [0, 0.1) is 12.8 Å². The van der Waals surface area contributed by atoms with Crippen molar-refractivity contribution in [2.75, 3.05) is 12.8 Å². The van der Waals surface area contributed by atoms with Crippen molar-refractivity contribution in [1.29, 1.82) is 0 Å². The first-order valence-electron chi connectivity index (χ1n) is 8.34. The first kappa shape index (κ1) is 18.0. The quantitative estimate of drug-likeness (QED) is 0.829. The van der Waals surface area contributed by atoms with Crippen LogP contribution in [0.25, 0.3) is 0 Å². The van der Waals surface area contributed by atoms with Gasteiger partial charge in [-0.2, -0.15) is 0 Å². The summed E-state index contributed by atoms with van der Waals surface area (Å²) in [5, 5.41) is 0. The number of aryl methyl sites for hydroxylation is 1. The molecule has 0 aliphatic heterocycles. The van der Waals surface area contributed by atoms with Crippen LogP contribution in [0.4, 0.5) is 0 Å². The van der Waals surface area contributed by atoms with Crippen LogP contribution < -0.4 is 0 Å². The van der Waals surface area contributed by atoms with E-state index in [9.17, 15) is 13.2 Å². The van der Waals surface area contributed by atoms with Crippen LogP contribution in [0.15, 0.2) is 29.2 Å². The third-order valence-electron chi connectivity index (χ3n) is 4.89. The highest BCUT2D eigenvalue weighted by molar-refractivity contribution is 7.91. The lowest BCUT2D eigenvalue weighted by molar-refractivity contribution is -0.132. The van der Waals surface area contributed by atoms with Crippen molar-refractivity contribution in [3.8, 4) is 0 Å². The summed E-state index contributed by atoms with van der Waals surface area (Å²) in [7, 11) is -1.59. The molecule has 1 saturated carbocycles. The van der Waals surface area contributed by atoms with Gasteiger partial charge in [-0.1, -0.05) is 24.6 Å². The molecule has 5 heteroatoms. The average molecular weight is 337 g/mol. The van der Waals surface area contributed by atoms with Crippen molar-refractivity contribution in [3.63, 3.8) is 0 Å². The summed E-state index contributed by atoms with van der Waals surface area (Å²) < 4.78 is 24.6. The molecule has 0 spiro atoms. The molecule has 2 rings (SSSR count). The summed E-state index contributed by atoms with van der Waals surface area (Å²) in [5.41, 5.74) is 1.02. The van der Waals surface area contributed by atoms with E-state index in [0.29, 0.717) is 4.90 Å². The molecule has 23 heavy (non-hydrogen) atoms. The van der Waals surface area contributed by atoms with Crippen molar-refractivity contribution < 1.29 is 13.2 Å². The van der Waals surface area contributed by atoms with E-state index in [1.54, 1.807) is 29.2 Å². The number of benzene rings is 1. The van der Waals surface area contributed by atoms with E-state index in [1.165, 1.54) is 0 Å². The number of hydrogen-bond donors (Lipinski definition) is 0. The monoisotopic (exact) mass is 337 g/mol. The van der Waals surface area contributed by atoms with Crippen molar-refractivity contribution >= 4 is 15.7 Å². The highest BCUT2D eigenvalue weighted by Crippen LogP contribution is 2.26. The standard InChI is InChI=1S/C18H27NO3S/c1-14-4-8-16(9-5-14)19(3)18(20)12-13-23(21,22)17-10-6-15(2)7-11-17/h6-7,10-11,14,16H,4-5,8-9,12-13H2,1-3H3. The third-order valence-corrected chi connectivity index (χ3v) is 6.62. The van der Waals surface area contributed by atoms with Crippen molar-refractivity contribution in [3.05, 3.63) is 29.8 Å². The number of rotatable bonds is 5. The summed E-state index contributed by atoms with van der Waals surface area (Å²) >= 11 is 0. The first-order valence-corrected chi connectivity index (χ1v) is 10.00. The lowest BCUT2D eigenvalue weighted by atomic mass is 9.87. The van der Waals surface area contributed by atoms with E-state index in [2.05, 4.69) is 6.92 Å². The number of hydrogen-bond acceptors (Lipinski definition) is 3. The van der Waals surface area contributed by atoms with Gasteiger partial charge in [0.1, 0.15) is 0 Å². The molecule has 0 aromatic heterocycles. The largest absolute Gasteiger partial charge is 0.343 e. The summed E-state index contributed by atoms with van der Waals surface area (Å²) in [6.07, 6.45) is 4.38. The number of amides is 1. The molecule has 1 aliphatic carbocycles. The minimum Gasteiger partial charge on any atom is -0.343 e. The zero-order valence-electron chi connectivity index (χ0n) is 14.3. The van der Waals surface area contributed by atoms with E-state index in [0.717, 1.165) is 37.2 Å².